The molecule has 0 aromatic heterocycles. The van der Waals surface area contributed by atoms with E-state index >= 15 is 0 Å². The van der Waals surface area contributed by atoms with Crippen LogP contribution in [-0.2, 0) is 4.79 Å². The van der Waals surface area contributed by atoms with Gasteiger partial charge in [-0.15, -0.1) is 12.1 Å². The third kappa shape index (κ3) is 2.65. The maximum Gasteiger partial charge on any atom is 0.181 e. The number of rotatable bonds is 2. The lowest BCUT2D eigenvalue weighted by molar-refractivity contribution is -0.112. The van der Waals surface area contributed by atoms with Crippen LogP contribution in [0.15, 0.2) is 59.8 Å². The molecule has 1 aromatic rings. The van der Waals surface area contributed by atoms with Crippen molar-refractivity contribution in [2.24, 2.45) is 5.41 Å². The molecule has 0 unspecified atom stereocenters. The zero-order chi connectivity index (χ0) is 13.2. The van der Waals surface area contributed by atoms with Crippen LogP contribution in [-0.4, -0.2) is 5.78 Å². The Balaban J connectivity index is 2.18. The van der Waals surface area contributed by atoms with Crippen molar-refractivity contribution in [2.45, 2.75) is 20.8 Å². The van der Waals surface area contributed by atoms with Gasteiger partial charge in [0.05, 0.1) is 0 Å². The van der Waals surface area contributed by atoms with E-state index in [1.54, 1.807) is 6.20 Å². The van der Waals surface area contributed by atoms with Crippen LogP contribution < -0.4 is 5.32 Å². The molecule has 0 saturated heterocycles. The minimum Gasteiger partial charge on any atom is -0.439 e. The van der Waals surface area contributed by atoms with Gasteiger partial charge in [-0.3, -0.25) is 4.79 Å². The molecule has 1 aromatic carbocycles. The lowest BCUT2D eigenvalue weighted by Gasteiger charge is -2.24. The minimum absolute atomic E-state index is 0.101. The summed E-state index contributed by atoms with van der Waals surface area (Å²) >= 11 is 0. The maximum absolute atomic E-state index is 12.3. The van der Waals surface area contributed by atoms with Gasteiger partial charge in [0, 0.05) is 5.57 Å². The van der Waals surface area contributed by atoms with Crippen LogP contribution in [0.1, 0.15) is 20.8 Å². The third-order valence-corrected chi connectivity index (χ3v) is 2.91. The van der Waals surface area contributed by atoms with Crippen molar-refractivity contribution >= 4 is 11.5 Å². The van der Waals surface area contributed by atoms with E-state index in [0.717, 1.165) is 11.3 Å². The number of anilines is 1. The molecule has 0 bridgehead atoms. The Morgan fingerprint density at radius 3 is 2.50 bits per heavy atom. The van der Waals surface area contributed by atoms with Crippen LogP contribution in [0.25, 0.3) is 0 Å². The fourth-order valence-corrected chi connectivity index (χ4v) is 1.89. The fourth-order valence-electron chi connectivity index (χ4n) is 1.89. The number of allylic oxidation sites excluding steroid dienone is 5. The molecule has 0 radical (unpaired) electrons. The van der Waals surface area contributed by atoms with Crippen molar-refractivity contribution in [3.8, 4) is 0 Å². The summed E-state index contributed by atoms with van der Waals surface area (Å²) in [6, 6.07) is 7.85. The van der Waals surface area contributed by atoms with Gasteiger partial charge in [0.15, 0.2) is 5.78 Å². The number of hydrogen-bond acceptors (Lipinski definition) is 2. The summed E-state index contributed by atoms with van der Waals surface area (Å²) in [5, 5.41) is 3.14. The van der Waals surface area contributed by atoms with Gasteiger partial charge in [-0.1, -0.05) is 50.9 Å². The molecule has 0 heterocycles. The third-order valence-electron chi connectivity index (χ3n) is 2.91. The Bertz CT molecular complexity index is 522. The van der Waals surface area contributed by atoms with Crippen LogP contribution in [0, 0.1) is 5.41 Å². The van der Waals surface area contributed by atoms with Gasteiger partial charge in [-0.05, 0) is 11.0 Å². The van der Waals surface area contributed by atoms with Crippen molar-refractivity contribution in [1.82, 2.24) is 0 Å². The average Bonchev–Trinajstić information content (AvgIpc) is 2.79. The number of carbonyl (C=O) groups excluding carboxylic acids is 1. The Morgan fingerprint density at radius 2 is 1.89 bits per heavy atom. The van der Waals surface area contributed by atoms with E-state index < -0.39 is 0 Å². The Kier molecular flexibility index (Phi) is 3.28. The Morgan fingerprint density at radius 1 is 1.22 bits per heavy atom. The predicted octanol–water partition coefficient (Wildman–Crippen LogP) is 3.81. The Hall–Kier alpha value is -1.96. The number of hydrogen-bond donors (Lipinski definition) is 1. The number of nitrogens with one attached hydrogen (secondary N) is 1. The number of carbonyl (C=O) groups is 1. The highest BCUT2D eigenvalue weighted by Gasteiger charge is 2.25. The first-order valence-electron chi connectivity index (χ1n) is 6.10. The molecule has 2 rings (SSSR count). The molecule has 2 nitrogen and oxygen atoms in total. The molecular weight excluding hydrogens is 222 g/mol. The van der Waals surface area contributed by atoms with E-state index in [-0.39, 0.29) is 11.2 Å². The second-order valence-electron chi connectivity index (χ2n) is 5.44. The van der Waals surface area contributed by atoms with Crippen LogP contribution >= 0.6 is 0 Å². The summed E-state index contributed by atoms with van der Waals surface area (Å²) in [7, 11) is 0. The zero-order valence-corrected chi connectivity index (χ0v) is 11.0. The van der Waals surface area contributed by atoms with Gasteiger partial charge in [-0.2, -0.15) is 12.1 Å². The van der Waals surface area contributed by atoms with Crippen molar-refractivity contribution < 1.29 is 4.79 Å². The van der Waals surface area contributed by atoms with E-state index in [9.17, 15) is 4.79 Å². The molecule has 1 aliphatic carbocycles. The standard InChI is InChI=1S/C16H18NO/c1-16(2,3)14-10-6-7-12(15(14)18)11-17-13-8-4-5-9-13/h4-11,17H,1-3H3/q-1. The molecule has 1 aliphatic rings. The molecule has 0 aliphatic heterocycles. The second-order valence-corrected chi connectivity index (χ2v) is 5.44. The largest absolute Gasteiger partial charge is 0.439 e. The van der Waals surface area contributed by atoms with Crippen LogP contribution in [0.3, 0.4) is 0 Å². The van der Waals surface area contributed by atoms with Gasteiger partial charge < -0.3 is 5.32 Å². The fraction of sp³-hybridized carbons (Fsp3) is 0.250. The molecule has 1 N–H and O–H groups in total. The number of ketones is 1. The van der Waals surface area contributed by atoms with Gasteiger partial charge in [0.2, 0.25) is 0 Å². The van der Waals surface area contributed by atoms with Gasteiger partial charge in [0.25, 0.3) is 0 Å². The van der Waals surface area contributed by atoms with Crippen molar-refractivity contribution in [3.63, 3.8) is 0 Å². The Labute approximate surface area is 108 Å². The molecule has 0 atom stereocenters. The van der Waals surface area contributed by atoms with E-state index in [4.69, 9.17) is 0 Å². The van der Waals surface area contributed by atoms with Crippen molar-refractivity contribution in [3.05, 3.63) is 59.8 Å². The average molecular weight is 240 g/mol. The van der Waals surface area contributed by atoms with E-state index in [1.165, 1.54) is 0 Å². The van der Waals surface area contributed by atoms with Crippen LogP contribution in [0.5, 0.6) is 0 Å². The summed E-state index contributed by atoms with van der Waals surface area (Å²) in [6.07, 6.45) is 7.45. The van der Waals surface area contributed by atoms with Crippen LogP contribution in [0.4, 0.5) is 5.69 Å². The molecule has 0 amide bonds. The minimum atomic E-state index is -0.124. The summed E-state index contributed by atoms with van der Waals surface area (Å²) in [5.74, 6) is 0.101. The first kappa shape index (κ1) is 12.5. The van der Waals surface area contributed by atoms with E-state index in [1.807, 2.05) is 42.5 Å². The van der Waals surface area contributed by atoms with Crippen molar-refractivity contribution in [2.75, 3.05) is 5.32 Å². The summed E-state index contributed by atoms with van der Waals surface area (Å²) < 4.78 is 0. The predicted molar refractivity (Wildman–Crippen MR) is 75.4 cm³/mol. The quantitative estimate of drug-likeness (QED) is 0.629. The topological polar surface area (TPSA) is 29.1 Å². The highest BCUT2D eigenvalue weighted by molar-refractivity contribution is 6.12. The first-order chi connectivity index (χ1) is 8.48. The monoisotopic (exact) mass is 240 g/mol. The van der Waals surface area contributed by atoms with Crippen LogP contribution in [0.2, 0.25) is 0 Å². The highest BCUT2D eigenvalue weighted by atomic mass is 16.1. The number of Topliss-reactive ketones (excluding diaryl/α,β-unsaturated/α-hetero) is 1. The summed E-state index contributed by atoms with van der Waals surface area (Å²) in [4.78, 5) is 12.3. The maximum atomic E-state index is 12.3. The summed E-state index contributed by atoms with van der Waals surface area (Å²) in [5.41, 5.74) is 2.42. The first-order valence-corrected chi connectivity index (χ1v) is 6.10. The smallest absolute Gasteiger partial charge is 0.181 e. The van der Waals surface area contributed by atoms with E-state index in [0.29, 0.717) is 5.57 Å². The van der Waals surface area contributed by atoms with Gasteiger partial charge in [0.1, 0.15) is 0 Å². The SMILES string of the molecule is CC(C)(C)C1=CC=CC(=CN[c-]2cccc2)C1=O. The molecule has 0 spiro atoms. The second kappa shape index (κ2) is 4.73. The zero-order valence-electron chi connectivity index (χ0n) is 11.0. The molecule has 2 heteroatoms. The molecule has 18 heavy (non-hydrogen) atoms. The van der Waals surface area contributed by atoms with Gasteiger partial charge >= 0.3 is 0 Å². The lowest BCUT2D eigenvalue weighted by Crippen LogP contribution is -2.21. The van der Waals surface area contributed by atoms with Gasteiger partial charge in [-0.25, -0.2) is 0 Å². The molecule has 94 valence electrons. The highest BCUT2D eigenvalue weighted by Crippen LogP contribution is 2.30. The van der Waals surface area contributed by atoms with E-state index in [2.05, 4.69) is 26.1 Å². The molecule has 0 fully saturated rings. The molecule has 0 saturated carbocycles. The molecular formula is C16H18NO-. The van der Waals surface area contributed by atoms with Crippen molar-refractivity contribution in [1.29, 1.82) is 0 Å². The normalized spacial score (nSPS) is 18.1. The summed E-state index contributed by atoms with van der Waals surface area (Å²) in [6.45, 7) is 6.16. The lowest BCUT2D eigenvalue weighted by atomic mass is 9.80.